The Labute approximate surface area is 198 Å². The second kappa shape index (κ2) is 10.8. The van der Waals surface area contributed by atoms with Gasteiger partial charge in [-0.1, -0.05) is 29.8 Å². The molecule has 0 saturated heterocycles. The number of esters is 1. The number of hydrogen-bond donors (Lipinski definition) is 2. The molecule has 0 unspecified atom stereocenters. The number of anilines is 1. The van der Waals surface area contributed by atoms with Gasteiger partial charge in [0.05, 0.1) is 16.7 Å². The van der Waals surface area contributed by atoms with Crippen LogP contribution in [0, 0.1) is 17.0 Å². The Bertz CT molecular complexity index is 1290. The third kappa shape index (κ3) is 6.24. The molecule has 0 aliphatic carbocycles. The van der Waals surface area contributed by atoms with E-state index in [1.165, 1.54) is 42.6 Å². The highest BCUT2D eigenvalue weighted by molar-refractivity contribution is 6.39. The van der Waals surface area contributed by atoms with E-state index in [9.17, 15) is 24.5 Å². The van der Waals surface area contributed by atoms with Crippen molar-refractivity contribution in [2.75, 3.05) is 5.32 Å². The van der Waals surface area contributed by atoms with Crippen LogP contribution in [-0.2, 0) is 9.59 Å². The lowest BCUT2D eigenvalue weighted by Crippen LogP contribution is -2.32. The van der Waals surface area contributed by atoms with Gasteiger partial charge in [0.1, 0.15) is 5.75 Å². The highest BCUT2D eigenvalue weighted by Gasteiger charge is 2.15. The molecule has 0 fully saturated rings. The molecule has 0 bridgehead atoms. The van der Waals surface area contributed by atoms with Crippen molar-refractivity contribution in [1.29, 1.82) is 0 Å². The molecule has 3 aromatic rings. The Morgan fingerprint density at radius 3 is 2.41 bits per heavy atom. The fourth-order valence-electron chi connectivity index (χ4n) is 2.63. The van der Waals surface area contributed by atoms with Gasteiger partial charge >= 0.3 is 17.8 Å². The van der Waals surface area contributed by atoms with Crippen molar-refractivity contribution in [2.45, 2.75) is 6.92 Å². The van der Waals surface area contributed by atoms with E-state index in [2.05, 4.69) is 15.8 Å². The minimum atomic E-state index is -1.02. The number of nitro groups is 1. The first-order valence-electron chi connectivity index (χ1n) is 9.71. The van der Waals surface area contributed by atoms with E-state index in [0.717, 1.165) is 5.56 Å². The first kappa shape index (κ1) is 24.1. The van der Waals surface area contributed by atoms with Crippen molar-refractivity contribution in [3.8, 4) is 5.75 Å². The number of ether oxygens (including phenoxy) is 1. The zero-order valence-corrected chi connectivity index (χ0v) is 18.4. The van der Waals surface area contributed by atoms with Gasteiger partial charge < -0.3 is 10.1 Å². The van der Waals surface area contributed by atoms with Gasteiger partial charge in [0.2, 0.25) is 0 Å². The van der Waals surface area contributed by atoms with Gasteiger partial charge in [-0.05, 0) is 48.9 Å². The summed E-state index contributed by atoms with van der Waals surface area (Å²) in [5, 5.41) is 17.3. The summed E-state index contributed by atoms with van der Waals surface area (Å²) in [7, 11) is 0. The summed E-state index contributed by atoms with van der Waals surface area (Å²) in [6, 6.07) is 16.1. The molecule has 0 aliphatic heterocycles. The van der Waals surface area contributed by atoms with Gasteiger partial charge in [-0.3, -0.25) is 19.7 Å². The standard InChI is InChI=1S/C23H17ClN4O6/c1-14-6-9-17(12-19(14)24)26-21(29)22(30)27-25-13-16-4-2-3-5-20(16)34-23(31)15-7-10-18(11-8-15)28(32)33/h2-13H,1H3,(H,26,29)(H,27,30). The summed E-state index contributed by atoms with van der Waals surface area (Å²) in [5.41, 5.74) is 3.55. The number of hydrogen-bond acceptors (Lipinski definition) is 7. The molecule has 10 nitrogen and oxygen atoms in total. The molecule has 3 rings (SSSR count). The Morgan fingerprint density at radius 2 is 1.74 bits per heavy atom. The largest absolute Gasteiger partial charge is 0.422 e. The Morgan fingerprint density at radius 1 is 1.03 bits per heavy atom. The van der Waals surface area contributed by atoms with Crippen LogP contribution >= 0.6 is 11.6 Å². The van der Waals surface area contributed by atoms with Crippen LogP contribution in [0.1, 0.15) is 21.5 Å². The maximum Gasteiger partial charge on any atom is 0.343 e. The number of para-hydroxylation sites is 1. The van der Waals surface area contributed by atoms with Crippen LogP contribution in [0.4, 0.5) is 11.4 Å². The van der Waals surface area contributed by atoms with Gasteiger partial charge in [0.25, 0.3) is 5.69 Å². The number of carbonyl (C=O) groups is 3. The summed E-state index contributed by atoms with van der Waals surface area (Å²) < 4.78 is 5.33. The van der Waals surface area contributed by atoms with Crippen molar-refractivity contribution in [3.63, 3.8) is 0 Å². The molecule has 2 amide bonds. The van der Waals surface area contributed by atoms with Crippen molar-refractivity contribution in [3.05, 3.63) is 98.6 Å². The maximum atomic E-state index is 12.4. The molecule has 0 heterocycles. The molecular weight excluding hydrogens is 464 g/mol. The number of aryl methyl sites for hydroxylation is 1. The molecule has 0 aliphatic rings. The number of hydrazone groups is 1. The van der Waals surface area contributed by atoms with E-state index in [4.69, 9.17) is 16.3 Å². The zero-order chi connectivity index (χ0) is 24.7. The van der Waals surface area contributed by atoms with Crippen molar-refractivity contribution >= 4 is 47.0 Å². The van der Waals surface area contributed by atoms with Crippen molar-refractivity contribution in [2.24, 2.45) is 5.10 Å². The van der Waals surface area contributed by atoms with E-state index in [1.54, 1.807) is 37.3 Å². The first-order valence-corrected chi connectivity index (χ1v) is 10.1. The third-order valence-corrected chi connectivity index (χ3v) is 4.85. The number of benzene rings is 3. The van der Waals surface area contributed by atoms with Crippen LogP contribution in [-0.4, -0.2) is 28.9 Å². The van der Waals surface area contributed by atoms with E-state index < -0.39 is 22.7 Å². The maximum absolute atomic E-state index is 12.4. The lowest BCUT2D eigenvalue weighted by molar-refractivity contribution is -0.384. The van der Waals surface area contributed by atoms with Gasteiger partial charge in [0.15, 0.2) is 0 Å². The number of rotatable bonds is 6. The molecule has 11 heteroatoms. The van der Waals surface area contributed by atoms with Crippen molar-refractivity contribution < 1.29 is 24.0 Å². The summed E-state index contributed by atoms with van der Waals surface area (Å²) >= 11 is 6.00. The highest BCUT2D eigenvalue weighted by atomic mass is 35.5. The smallest absolute Gasteiger partial charge is 0.343 e. The zero-order valence-electron chi connectivity index (χ0n) is 17.7. The molecule has 0 aromatic heterocycles. The predicted octanol–water partition coefficient (Wildman–Crippen LogP) is 3.86. The molecule has 34 heavy (non-hydrogen) atoms. The Balaban J connectivity index is 1.62. The van der Waals surface area contributed by atoms with Crippen LogP contribution in [0.5, 0.6) is 5.75 Å². The van der Waals surface area contributed by atoms with Gasteiger partial charge in [0, 0.05) is 28.4 Å². The van der Waals surface area contributed by atoms with Crippen molar-refractivity contribution in [1.82, 2.24) is 5.43 Å². The Kier molecular flexibility index (Phi) is 7.67. The molecule has 0 spiro atoms. The molecule has 2 N–H and O–H groups in total. The van der Waals surface area contributed by atoms with Crippen LogP contribution in [0.25, 0.3) is 0 Å². The molecular formula is C23H17ClN4O6. The fraction of sp³-hybridized carbons (Fsp3) is 0.0435. The summed E-state index contributed by atoms with van der Waals surface area (Å²) in [5.74, 6) is -2.58. The van der Waals surface area contributed by atoms with Crippen LogP contribution < -0.4 is 15.5 Å². The van der Waals surface area contributed by atoms with Crippen LogP contribution in [0.2, 0.25) is 5.02 Å². The first-order chi connectivity index (χ1) is 16.2. The van der Waals surface area contributed by atoms with Gasteiger partial charge in [-0.2, -0.15) is 5.10 Å². The van der Waals surface area contributed by atoms with Crippen LogP contribution in [0.15, 0.2) is 71.8 Å². The molecule has 3 aromatic carbocycles. The minimum Gasteiger partial charge on any atom is -0.422 e. The molecule has 0 atom stereocenters. The van der Waals surface area contributed by atoms with E-state index in [0.29, 0.717) is 16.3 Å². The fourth-order valence-corrected chi connectivity index (χ4v) is 2.81. The average molecular weight is 481 g/mol. The topological polar surface area (TPSA) is 140 Å². The van der Waals surface area contributed by atoms with Crippen LogP contribution in [0.3, 0.4) is 0 Å². The lowest BCUT2D eigenvalue weighted by atomic mass is 10.2. The Hall–Kier alpha value is -4.57. The van der Waals surface area contributed by atoms with E-state index in [-0.39, 0.29) is 17.0 Å². The number of nitrogens with one attached hydrogen (secondary N) is 2. The average Bonchev–Trinajstić information content (AvgIpc) is 2.82. The molecule has 172 valence electrons. The highest BCUT2D eigenvalue weighted by Crippen LogP contribution is 2.20. The summed E-state index contributed by atoms with van der Waals surface area (Å²) in [6.45, 7) is 1.80. The van der Waals surface area contributed by atoms with Gasteiger partial charge in [-0.25, -0.2) is 10.2 Å². The predicted molar refractivity (Wildman–Crippen MR) is 125 cm³/mol. The number of halogens is 1. The number of carbonyl (C=O) groups excluding carboxylic acids is 3. The second-order valence-electron chi connectivity index (χ2n) is 6.85. The SMILES string of the molecule is Cc1ccc(NC(=O)C(=O)NN=Cc2ccccc2OC(=O)c2ccc([N+](=O)[O-])cc2)cc1Cl. The second-order valence-corrected chi connectivity index (χ2v) is 7.26. The van der Waals surface area contributed by atoms with Gasteiger partial charge in [-0.15, -0.1) is 0 Å². The monoisotopic (exact) mass is 480 g/mol. The lowest BCUT2D eigenvalue weighted by Gasteiger charge is -2.07. The normalized spacial score (nSPS) is 10.5. The van der Waals surface area contributed by atoms with E-state index in [1.807, 2.05) is 0 Å². The van der Waals surface area contributed by atoms with E-state index >= 15 is 0 Å². The number of nitro benzene ring substituents is 1. The summed E-state index contributed by atoms with van der Waals surface area (Å²) in [4.78, 5) is 46.6. The number of nitrogens with zero attached hydrogens (tertiary/aromatic N) is 2. The minimum absolute atomic E-state index is 0.110. The molecule has 0 saturated carbocycles. The number of amides is 2. The molecule has 0 radical (unpaired) electrons. The summed E-state index contributed by atoms with van der Waals surface area (Å²) in [6.07, 6.45) is 1.20. The third-order valence-electron chi connectivity index (χ3n) is 4.44. The number of non-ortho nitro benzene ring substituents is 1. The quantitative estimate of drug-likeness (QED) is 0.137.